The average molecular weight is 349 g/mol. The zero-order valence-corrected chi connectivity index (χ0v) is 15.2. The molecule has 5 nitrogen and oxygen atoms in total. The van der Waals surface area contributed by atoms with E-state index >= 15 is 0 Å². The molecule has 0 bridgehead atoms. The third kappa shape index (κ3) is 4.11. The molecule has 1 heterocycles. The van der Waals surface area contributed by atoms with Gasteiger partial charge in [0.2, 0.25) is 5.91 Å². The standard InChI is InChI=1S/C21H23N3O2/c1-13(2)15-4-9-20-16(10-15)11-17(21(26)24-20)12-22-18-5-7-19(8-6-18)23-14(3)25/h4-11,13,22H,12H2,1-3H3,(H,23,25)(H,24,26). The number of nitrogens with one attached hydrogen (secondary N) is 3. The third-order valence-corrected chi connectivity index (χ3v) is 4.30. The number of anilines is 2. The van der Waals surface area contributed by atoms with Gasteiger partial charge in [-0.1, -0.05) is 19.9 Å². The molecule has 0 atom stereocenters. The van der Waals surface area contributed by atoms with Crippen molar-refractivity contribution in [2.75, 3.05) is 10.6 Å². The lowest BCUT2D eigenvalue weighted by atomic mass is 10.0. The molecule has 5 heteroatoms. The van der Waals surface area contributed by atoms with Gasteiger partial charge in [0, 0.05) is 35.9 Å². The van der Waals surface area contributed by atoms with Gasteiger partial charge in [0.25, 0.3) is 5.56 Å². The van der Waals surface area contributed by atoms with Gasteiger partial charge in [0.15, 0.2) is 0 Å². The summed E-state index contributed by atoms with van der Waals surface area (Å²) in [5.74, 6) is 0.337. The molecule has 1 amide bonds. The SMILES string of the molecule is CC(=O)Nc1ccc(NCc2cc3cc(C(C)C)ccc3[nH]c2=O)cc1. The van der Waals surface area contributed by atoms with E-state index in [4.69, 9.17) is 0 Å². The maximum absolute atomic E-state index is 12.3. The van der Waals surface area contributed by atoms with E-state index in [1.165, 1.54) is 12.5 Å². The quantitative estimate of drug-likeness (QED) is 0.645. The molecule has 3 N–H and O–H groups in total. The molecular weight excluding hydrogens is 326 g/mol. The summed E-state index contributed by atoms with van der Waals surface area (Å²) >= 11 is 0. The van der Waals surface area contributed by atoms with Gasteiger partial charge in [-0.15, -0.1) is 0 Å². The minimum atomic E-state index is -0.103. The molecule has 0 unspecified atom stereocenters. The Morgan fingerprint density at radius 3 is 2.38 bits per heavy atom. The average Bonchev–Trinajstić information content (AvgIpc) is 2.60. The molecular formula is C21H23N3O2. The summed E-state index contributed by atoms with van der Waals surface area (Å²) in [6, 6.07) is 15.5. The van der Waals surface area contributed by atoms with Crippen molar-refractivity contribution in [2.45, 2.75) is 33.2 Å². The van der Waals surface area contributed by atoms with Crippen LogP contribution in [-0.4, -0.2) is 10.9 Å². The van der Waals surface area contributed by atoms with Crippen molar-refractivity contribution in [3.8, 4) is 0 Å². The summed E-state index contributed by atoms with van der Waals surface area (Å²) in [7, 11) is 0. The van der Waals surface area contributed by atoms with Gasteiger partial charge in [-0.25, -0.2) is 0 Å². The minimum Gasteiger partial charge on any atom is -0.381 e. The van der Waals surface area contributed by atoms with Crippen LogP contribution in [0.2, 0.25) is 0 Å². The molecule has 0 aliphatic carbocycles. The topological polar surface area (TPSA) is 74.0 Å². The Balaban J connectivity index is 1.78. The number of fused-ring (bicyclic) bond motifs is 1. The van der Waals surface area contributed by atoms with E-state index in [9.17, 15) is 9.59 Å². The van der Waals surface area contributed by atoms with Crippen LogP contribution < -0.4 is 16.2 Å². The van der Waals surface area contributed by atoms with Gasteiger partial charge in [0.05, 0.1) is 0 Å². The van der Waals surface area contributed by atoms with Crippen molar-refractivity contribution in [1.82, 2.24) is 4.98 Å². The number of H-pyrrole nitrogens is 1. The molecule has 2 aromatic carbocycles. The summed E-state index contributed by atoms with van der Waals surface area (Å²) in [4.78, 5) is 26.3. The van der Waals surface area contributed by atoms with Gasteiger partial charge in [-0.3, -0.25) is 9.59 Å². The van der Waals surface area contributed by atoms with Gasteiger partial charge < -0.3 is 15.6 Å². The van der Waals surface area contributed by atoms with Gasteiger partial charge in [-0.05, 0) is 59.3 Å². The Hall–Kier alpha value is -3.08. The number of aromatic nitrogens is 1. The number of hydrogen-bond acceptors (Lipinski definition) is 3. The normalized spacial score (nSPS) is 10.9. The largest absolute Gasteiger partial charge is 0.381 e. The van der Waals surface area contributed by atoms with Crippen molar-refractivity contribution in [1.29, 1.82) is 0 Å². The molecule has 0 saturated heterocycles. The second-order valence-electron chi connectivity index (χ2n) is 6.74. The number of pyridine rings is 1. The van der Waals surface area contributed by atoms with Crippen molar-refractivity contribution in [2.24, 2.45) is 0 Å². The van der Waals surface area contributed by atoms with Crippen LogP contribution in [0.5, 0.6) is 0 Å². The Bertz CT molecular complexity index is 988. The second kappa shape index (κ2) is 7.44. The number of rotatable bonds is 5. The summed E-state index contributed by atoms with van der Waals surface area (Å²) in [5.41, 5.74) is 4.32. The summed E-state index contributed by atoms with van der Waals surface area (Å²) in [6.07, 6.45) is 0. The highest BCUT2D eigenvalue weighted by atomic mass is 16.1. The first-order chi connectivity index (χ1) is 12.4. The zero-order valence-electron chi connectivity index (χ0n) is 15.2. The van der Waals surface area contributed by atoms with Crippen LogP contribution in [0, 0.1) is 0 Å². The lowest BCUT2D eigenvalue weighted by Gasteiger charge is -2.10. The van der Waals surface area contributed by atoms with Crippen LogP contribution >= 0.6 is 0 Å². The lowest BCUT2D eigenvalue weighted by molar-refractivity contribution is -0.114. The highest BCUT2D eigenvalue weighted by Crippen LogP contribution is 2.20. The minimum absolute atomic E-state index is 0.0860. The van der Waals surface area contributed by atoms with Crippen LogP contribution in [0.25, 0.3) is 10.9 Å². The van der Waals surface area contributed by atoms with Crippen LogP contribution in [0.4, 0.5) is 11.4 Å². The highest BCUT2D eigenvalue weighted by molar-refractivity contribution is 5.88. The first kappa shape index (κ1) is 17.7. The van der Waals surface area contributed by atoms with E-state index in [0.29, 0.717) is 18.0 Å². The molecule has 0 aliphatic rings. The molecule has 0 radical (unpaired) electrons. The molecule has 134 valence electrons. The predicted molar refractivity (Wildman–Crippen MR) is 107 cm³/mol. The lowest BCUT2D eigenvalue weighted by Crippen LogP contribution is -2.15. The Kier molecular flexibility index (Phi) is 5.07. The fourth-order valence-corrected chi connectivity index (χ4v) is 2.83. The Morgan fingerprint density at radius 2 is 1.73 bits per heavy atom. The maximum atomic E-state index is 12.3. The Morgan fingerprint density at radius 1 is 1.04 bits per heavy atom. The molecule has 0 aliphatic heterocycles. The molecule has 1 aromatic heterocycles. The fraction of sp³-hybridized carbons (Fsp3) is 0.238. The summed E-state index contributed by atoms with van der Waals surface area (Å²) in [6.45, 7) is 6.21. The first-order valence-electron chi connectivity index (χ1n) is 8.70. The monoisotopic (exact) mass is 349 g/mol. The van der Waals surface area contributed by atoms with E-state index < -0.39 is 0 Å². The number of carbonyl (C=O) groups is 1. The van der Waals surface area contributed by atoms with Crippen molar-refractivity contribution >= 4 is 28.2 Å². The van der Waals surface area contributed by atoms with Crippen LogP contribution in [-0.2, 0) is 11.3 Å². The van der Waals surface area contributed by atoms with Gasteiger partial charge in [-0.2, -0.15) is 0 Å². The van der Waals surface area contributed by atoms with Crippen molar-refractivity contribution in [3.05, 3.63) is 70.0 Å². The van der Waals surface area contributed by atoms with Gasteiger partial charge in [0.1, 0.15) is 0 Å². The molecule has 26 heavy (non-hydrogen) atoms. The van der Waals surface area contributed by atoms with Crippen molar-refractivity contribution < 1.29 is 4.79 Å². The van der Waals surface area contributed by atoms with E-state index in [0.717, 1.165) is 22.3 Å². The number of amides is 1. The molecule has 3 rings (SSSR count). The number of aromatic amines is 1. The van der Waals surface area contributed by atoms with E-state index in [1.54, 1.807) is 0 Å². The van der Waals surface area contributed by atoms with Crippen LogP contribution in [0.1, 0.15) is 37.8 Å². The summed E-state index contributed by atoms with van der Waals surface area (Å²) in [5, 5.41) is 7.02. The second-order valence-corrected chi connectivity index (χ2v) is 6.74. The smallest absolute Gasteiger partial charge is 0.253 e. The van der Waals surface area contributed by atoms with Crippen molar-refractivity contribution in [3.63, 3.8) is 0 Å². The van der Waals surface area contributed by atoms with Crippen LogP contribution in [0.3, 0.4) is 0 Å². The number of hydrogen-bond donors (Lipinski definition) is 3. The number of carbonyl (C=O) groups excluding carboxylic acids is 1. The first-order valence-corrected chi connectivity index (χ1v) is 8.70. The van der Waals surface area contributed by atoms with Crippen LogP contribution in [0.15, 0.2) is 53.3 Å². The fourth-order valence-electron chi connectivity index (χ4n) is 2.83. The highest BCUT2D eigenvalue weighted by Gasteiger charge is 2.06. The predicted octanol–water partition coefficient (Wildman–Crippen LogP) is 4.22. The number of benzene rings is 2. The third-order valence-electron chi connectivity index (χ3n) is 4.30. The maximum Gasteiger partial charge on any atom is 0.253 e. The van der Waals surface area contributed by atoms with E-state index in [-0.39, 0.29) is 11.5 Å². The summed E-state index contributed by atoms with van der Waals surface area (Å²) < 4.78 is 0. The molecule has 0 saturated carbocycles. The van der Waals surface area contributed by atoms with E-state index in [1.807, 2.05) is 36.4 Å². The molecule has 3 aromatic rings. The zero-order chi connectivity index (χ0) is 18.7. The Labute approximate surface area is 152 Å². The van der Waals surface area contributed by atoms with Gasteiger partial charge >= 0.3 is 0 Å². The molecule has 0 spiro atoms. The van der Waals surface area contributed by atoms with E-state index in [2.05, 4.69) is 41.6 Å². The molecule has 0 fully saturated rings.